The third kappa shape index (κ3) is 1.88. The Hall–Kier alpha value is -1.71. The Balaban J connectivity index is 2.96. The molecule has 0 aliphatic rings. The fourth-order valence-corrected chi connectivity index (χ4v) is 0.908. The summed E-state index contributed by atoms with van der Waals surface area (Å²) in [6, 6.07) is 7.47. The molecule has 0 aliphatic heterocycles. The minimum atomic E-state index is 0.0844. The van der Waals surface area contributed by atoms with Gasteiger partial charge in [0.15, 0.2) is 5.84 Å². The predicted molar refractivity (Wildman–Crippen MR) is 47.1 cm³/mol. The highest BCUT2D eigenvalue weighted by Gasteiger charge is 1.97. The lowest BCUT2D eigenvalue weighted by molar-refractivity contribution is 1.07. The molecule has 1 aromatic rings. The molecule has 0 spiro atoms. The van der Waals surface area contributed by atoms with Crippen LogP contribution in [0, 0.1) is 12.3 Å². The average Bonchev–Trinajstić information content (AvgIpc) is 2.05. The molecule has 4 nitrogen and oxygen atoms in total. The Kier molecular flexibility index (Phi) is 2.53. The Morgan fingerprint density at radius 3 is 2.83 bits per heavy atom. The first-order valence-electron chi connectivity index (χ1n) is 3.50. The lowest BCUT2D eigenvalue weighted by Gasteiger charge is -1.97. The smallest absolute Gasteiger partial charge is 0.176 e. The summed E-state index contributed by atoms with van der Waals surface area (Å²) in [7, 11) is 0. The maximum Gasteiger partial charge on any atom is 0.176 e. The third-order valence-electron chi connectivity index (χ3n) is 1.45. The fourth-order valence-electron chi connectivity index (χ4n) is 0.908. The molecule has 0 aliphatic carbocycles. The van der Waals surface area contributed by atoms with Crippen molar-refractivity contribution in [3.05, 3.63) is 35.4 Å². The SMILES string of the molecule is Cc1cccc(C(=N)N=NN)c1. The van der Waals surface area contributed by atoms with Crippen molar-refractivity contribution >= 4 is 5.84 Å². The van der Waals surface area contributed by atoms with Gasteiger partial charge in [-0.15, -0.1) is 5.11 Å². The zero-order valence-corrected chi connectivity index (χ0v) is 6.78. The number of hydrogen-bond acceptors (Lipinski definition) is 2. The van der Waals surface area contributed by atoms with Gasteiger partial charge in [-0.05, 0) is 13.0 Å². The molecule has 0 heterocycles. The monoisotopic (exact) mass is 162 g/mol. The van der Waals surface area contributed by atoms with E-state index in [-0.39, 0.29) is 5.84 Å². The van der Waals surface area contributed by atoms with Gasteiger partial charge in [0.1, 0.15) is 0 Å². The number of nitrogens with two attached hydrogens (primary N) is 1. The molecule has 0 saturated carbocycles. The van der Waals surface area contributed by atoms with Crippen LogP contribution in [-0.4, -0.2) is 5.84 Å². The first kappa shape index (κ1) is 8.39. The number of hydrogen-bond donors (Lipinski definition) is 2. The summed E-state index contributed by atoms with van der Waals surface area (Å²) >= 11 is 0. The second-order valence-electron chi connectivity index (χ2n) is 2.43. The van der Waals surface area contributed by atoms with E-state index in [2.05, 4.69) is 10.3 Å². The van der Waals surface area contributed by atoms with Crippen LogP contribution in [0.15, 0.2) is 34.6 Å². The summed E-state index contributed by atoms with van der Waals surface area (Å²) in [4.78, 5) is 0. The molecule has 0 atom stereocenters. The van der Waals surface area contributed by atoms with Gasteiger partial charge in [-0.3, -0.25) is 5.41 Å². The molecule has 0 bridgehead atoms. The quantitative estimate of drug-likeness (QED) is 0.213. The van der Waals surface area contributed by atoms with Gasteiger partial charge in [0.25, 0.3) is 0 Å². The summed E-state index contributed by atoms with van der Waals surface area (Å²) in [6.45, 7) is 1.95. The zero-order chi connectivity index (χ0) is 8.97. The third-order valence-corrected chi connectivity index (χ3v) is 1.45. The van der Waals surface area contributed by atoms with Gasteiger partial charge < -0.3 is 5.84 Å². The first-order valence-corrected chi connectivity index (χ1v) is 3.50. The van der Waals surface area contributed by atoms with Crippen LogP contribution in [0.25, 0.3) is 0 Å². The van der Waals surface area contributed by atoms with Crippen LogP contribution in [0.4, 0.5) is 0 Å². The second kappa shape index (κ2) is 3.61. The molecule has 0 unspecified atom stereocenters. The molecule has 3 N–H and O–H groups in total. The van der Waals surface area contributed by atoms with Gasteiger partial charge in [0.2, 0.25) is 0 Å². The van der Waals surface area contributed by atoms with Crippen molar-refractivity contribution in [2.24, 2.45) is 16.2 Å². The molecule has 62 valence electrons. The number of aryl methyl sites for hydroxylation is 1. The van der Waals surface area contributed by atoms with E-state index in [0.29, 0.717) is 0 Å². The van der Waals surface area contributed by atoms with E-state index in [0.717, 1.165) is 11.1 Å². The molecule has 1 rings (SSSR count). The molecule has 0 amide bonds. The van der Waals surface area contributed by atoms with E-state index in [1.807, 2.05) is 25.1 Å². The van der Waals surface area contributed by atoms with Gasteiger partial charge >= 0.3 is 0 Å². The minimum Gasteiger partial charge on any atom is -0.305 e. The normalized spacial score (nSPS) is 10.4. The number of nitrogens with one attached hydrogen (secondary N) is 1. The van der Waals surface area contributed by atoms with Gasteiger partial charge in [0, 0.05) is 5.56 Å². The molecule has 12 heavy (non-hydrogen) atoms. The Labute approximate surface area is 70.6 Å². The predicted octanol–water partition coefficient (Wildman–Crippen LogP) is 1.65. The highest BCUT2D eigenvalue weighted by atomic mass is 15.3. The van der Waals surface area contributed by atoms with Crippen molar-refractivity contribution in [1.29, 1.82) is 5.41 Å². The number of amidine groups is 1. The van der Waals surface area contributed by atoms with Crippen LogP contribution in [0.5, 0.6) is 0 Å². The van der Waals surface area contributed by atoms with E-state index in [4.69, 9.17) is 11.3 Å². The van der Waals surface area contributed by atoms with E-state index in [9.17, 15) is 0 Å². The summed E-state index contributed by atoms with van der Waals surface area (Å²) < 4.78 is 0. The second-order valence-corrected chi connectivity index (χ2v) is 2.43. The molecule has 0 aromatic heterocycles. The lowest BCUT2D eigenvalue weighted by Crippen LogP contribution is -1.95. The van der Waals surface area contributed by atoms with Crippen LogP contribution in [0.1, 0.15) is 11.1 Å². The van der Waals surface area contributed by atoms with Gasteiger partial charge in [0.05, 0.1) is 0 Å². The van der Waals surface area contributed by atoms with Crippen molar-refractivity contribution in [3.8, 4) is 0 Å². The molecule has 1 aromatic carbocycles. The van der Waals surface area contributed by atoms with E-state index >= 15 is 0 Å². The average molecular weight is 162 g/mol. The Morgan fingerprint density at radius 1 is 1.50 bits per heavy atom. The van der Waals surface area contributed by atoms with Crippen molar-refractivity contribution < 1.29 is 0 Å². The standard InChI is InChI=1S/C8H10N4/c1-6-3-2-4-7(5-6)8(9)11-12-10/h2-5H,1H3,(H3,9,10,11). The Morgan fingerprint density at radius 2 is 2.25 bits per heavy atom. The number of nitrogens with zero attached hydrogens (tertiary/aromatic N) is 2. The summed E-state index contributed by atoms with van der Waals surface area (Å²) in [6.07, 6.45) is 0. The van der Waals surface area contributed by atoms with E-state index in [1.54, 1.807) is 6.07 Å². The minimum absolute atomic E-state index is 0.0844. The van der Waals surface area contributed by atoms with Gasteiger partial charge in [-0.25, -0.2) is 0 Å². The van der Waals surface area contributed by atoms with E-state index in [1.165, 1.54) is 0 Å². The summed E-state index contributed by atoms with van der Waals surface area (Å²) in [5, 5.41) is 13.9. The van der Waals surface area contributed by atoms with E-state index < -0.39 is 0 Å². The van der Waals surface area contributed by atoms with Crippen LogP contribution in [0.2, 0.25) is 0 Å². The van der Waals surface area contributed by atoms with Crippen molar-refractivity contribution in [1.82, 2.24) is 0 Å². The number of benzene rings is 1. The van der Waals surface area contributed by atoms with Gasteiger partial charge in [-0.2, -0.15) is 0 Å². The summed E-state index contributed by atoms with van der Waals surface area (Å²) in [5.74, 6) is 4.91. The molecule has 4 heteroatoms. The molecular weight excluding hydrogens is 152 g/mol. The van der Waals surface area contributed by atoms with Crippen LogP contribution >= 0.6 is 0 Å². The highest BCUT2D eigenvalue weighted by Crippen LogP contribution is 2.04. The highest BCUT2D eigenvalue weighted by molar-refractivity contribution is 5.96. The summed E-state index contributed by atoms with van der Waals surface area (Å²) in [5.41, 5.74) is 1.81. The van der Waals surface area contributed by atoms with Gasteiger partial charge in [-0.1, -0.05) is 29.0 Å². The fraction of sp³-hybridized carbons (Fsp3) is 0.125. The van der Waals surface area contributed by atoms with Crippen LogP contribution < -0.4 is 5.84 Å². The number of rotatable bonds is 1. The van der Waals surface area contributed by atoms with Crippen molar-refractivity contribution in [2.75, 3.05) is 0 Å². The lowest BCUT2D eigenvalue weighted by atomic mass is 10.1. The first-order chi connectivity index (χ1) is 5.74. The maximum absolute atomic E-state index is 7.39. The van der Waals surface area contributed by atoms with Crippen molar-refractivity contribution in [3.63, 3.8) is 0 Å². The molecule has 0 radical (unpaired) electrons. The largest absolute Gasteiger partial charge is 0.305 e. The molecule has 0 fully saturated rings. The molecule has 0 saturated heterocycles. The zero-order valence-electron chi connectivity index (χ0n) is 6.78. The topological polar surface area (TPSA) is 74.6 Å². The van der Waals surface area contributed by atoms with Crippen molar-refractivity contribution in [2.45, 2.75) is 6.92 Å². The molecular formula is C8H10N4. The van der Waals surface area contributed by atoms with Crippen LogP contribution in [0.3, 0.4) is 0 Å². The maximum atomic E-state index is 7.39. The Bertz CT molecular complexity index is 317. The van der Waals surface area contributed by atoms with Crippen LogP contribution in [-0.2, 0) is 0 Å².